The molecular formula is C16H18O6. The third kappa shape index (κ3) is 2.67. The van der Waals surface area contributed by atoms with Crippen molar-refractivity contribution in [2.75, 3.05) is 6.61 Å². The third-order valence-corrected chi connectivity index (χ3v) is 3.86. The van der Waals surface area contributed by atoms with Crippen LogP contribution in [0.15, 0.2) is 42.5 Å². The molecule has 0 spiro atoms. The number of ether oxygens (including phenoxy) is 2. The smallest absolute Gasteiger partial charge is 0.195 e. The summed E-state index contributed by atoms with van der Waals surface area (Å²) < 4.78 is 10.8. The average molecular weight is 306 g/mol. The van der Waals surface area contributed by atoms with Crippen molar-refractivity contribution >= 4 is 10.8 Å². The number of hydrogen-bond acceptors (Lipinski definition) is 6. The molecule has 0 radical (unpaired) electrons. The molecule has 5 atom stereocenters. The number of rotatable bonds is 3. The van der Waals surface area contributed by atoms with Gasteiger partial charge in [-0.25, -0.2) is 0 Å². The van der Waals surface area contributed by atoms with Crippen molar-refractivity contribution in [3.63, 3.8) is 0 Å². The number of aliphatic hydroxyl groups excluding tert-OH is 4. The van der Waals surface area contributed by atoms with E-state index in [9.17, 15) is 15.3 Å². The molecule has 2 aromatic carbocycles. The summed E-state index contributed by atoms with van der Waals surface area (Å²) in [6, 6.07) is 13.0. The molecule has 2 aromatic rings. The second-order valence-corrected chi connectivity index (χ2v) is 5.29. The van der Waals surface area contributed by atoms with Crippen LogP contribution in [0.25, 0.3) is 10.8 Å². The van der Waals surface area contributed by atoms with Crippen LogP contribution in [0.3, 0.4) is 0 Å². The number of aliphatic hydroxyl groups is 4. The molecule has 3 rings (SSSR count). The highest BCUT2D eigenvalue weighted by Gasteiger charge is 2.45. The van der Waals surface area contributed by atoms with Crippen LogP contribution in [-0.4, -0.2) is 57.7 Å². The Morgan fingerprint density at radius 2 is 1.68 bits per heavy atom. The van der Waals surface area contributed by atoms with E-state index in [1.54, 1.807) is 12.1 Å². The van der Waals surface area contributed by atoms with Crippen molar-refractivity contribution in [3.8, 4) is 5.75 Å². The van der Waals surface area contributed by atoms with Gasteiger partial charge in [0.05, 0.1) is 6.61 Å². The Hall–Kier alpha value is -1.70. The summed E-state index contributed by atoms with van der Waals surface area (Å²) in [4.78, 5) is 0. The van der Waals surface area contributed by atoms with Gasteiger partial charge in [-0.15, -0.1) is 0 Å². The maximum absolute atomic E-state index is 10.1. The van der Waals surface area contributed by atoms with Gasteiger partial charge in [-0.1, -0.05) is 36.4 Å². The van der Waals surface area contributed by atoms with E-state index in [1.807, 2.05) is 30.3 Å². The van der Waals surface area contributed by atoms with Gasteiger partial charge in [-0.2, -0.15) is 0 Å². The highest BCUT2D eigenvalue weighted by Crippen LogP contribution is 2.29. The minimum Gasteiger partial charge on any atom is -0.482 e. The molecule has 0 bridgehead atoms. The Morgan fingerprint density at radius 3 is 2.45 bits per heavy atom. The maximum atomic E-state index is 10.1. The number of benzene rings is 2. The normalized spacial score (nSPS) is 32.1. The van der Waals surface area contributed by atoms with Gasteiger partial charge in [-0.05, 0) is 11.5 Å². The molecule has 1 heterocycles. The molecule has 118 valence electrons. The molecule has 0 aromatic heterocycles. The van der Waals surface area contributed by atoms with E-state index in [1.165, 1.54) is 0 Å². The van der Waals surface area contributed by atoms with Crippen LogP contribution >= 0.6 is 0 Å². The number of hydrogen-bond donors (Lipinski definition) is 4. The second kappa shape index (κ2) is 6.20. The van der Waals surface area contributed by atoms with Crippen LogP contribution in [0, 0.1) is 0 Å². The highest BCUT2D eigenvalue weighted by atomic mass is 16.7. The SMILES string of the molecule is OC[C@H]1OC(O)[C@H](Oc2cccc3ccccc23)[C@@H](O)[C@@H]1O. The Morgan fingerprint density at radius 1 is 0.955 bits per heavy atom. The van der Waals surface area contributed by atoms with Gasteiger partial charge in [0.25, 0.3) is 0 Å². The van der Waals surface area contributed by atoms with Crippen LogP contribution in [0.2, 0.25) is 0 Å². The van der Waals surface area contributed by atoms with E-state index >= 15 is 0 Å². The first kappa shape index (κ1) is 15.2. The van der Waals surface area contributed by atoms with Crippen LogP contribution in [0.4, 0.5) is 0 Å². The van der Waals surface area contributed by atoms with Crippen LogP contribution in [0.1, 0.15) is 0 Å². The summed E-state index contributed by atoms with van der Waals surface area (Å²) >= 11 is 0. The Bertz CT molecular complexity index is 640. The molecule has 1 fully saturated rings. The highest BCUT2D eigenvalue weighted by molar-refractivity contribution is 5.88. The first-order valence-electron chi connectivity index (χ1n) is 7.07. The van der Waals surface area contributed by atoms with E-state index in [4.69, 9.17) is 14.6 Å². The standard InChI is InChI=1S/C16H18O6/c17-8-12-13(18)14(19)15(16(20)22-12)21-11-7-3-5-9-4-1-2-6-10(9)11/h1-7,12-20H,8H2/t12-,13-,14+,15-,16?/m1/s1. The van der Waals surface area contributed by atoms with Crippen LogP contribution < -0.4 is 4.74 Å². The van der Waals surface area contributed by atoms with Crippen molar-refractivity contribution in [1.82, 2.24) is 0 Å². The van der Waals surface area contributed by atoms with Crippen molar-refractivity contribution in [3.05, 3.63) is 42.5 Å². The molecule has 0 saturated carbocycles. The Balaban J connectivity index is 1.88. The van der Waals surface area contributed by atoms with Gasteiger partial charge < -0.3 is 29.9 Å². The van der Waals surface area contributed by atoms with E-state index < -0.39 is 37.3 Å². The lowest BCUT2D eigenvalue weighted by Gasteiger charge is -2.39. The third-order valence-electron chi connectivity index (χ3n) is 3.86. The maximum Gasteiger partial charge on any atom is 0.195 e. The molecule has 0 amide bonds. The predicted molar refractivity (Wildman–Crippen MR) is 78.3 cm³/mol. The lowest BCUT2D eigenvalue weighted by atomic mass is 9.99. The number of fused-ring (bicyclic) bond motifs is 1. The van der Waals surface area contributed by atoms with Crippen molar-refractivity contribution in [2.24, 2.45) is 0 Å². The molecule has 1 aliphatic rings. The minimum absolute atomic E-state index is 0.472. The lowest BCUT2D eigenvalue weighted by molar-refractivity contribution is -0.280. The van der Waals surface area contributed by atoms with E-state index in [2.05, 4.69) is 0 Å². The van der Waals surface area contributed by atoms with E-state index in [-0.39, 0.29) is 0 Å². The van der Waals surface area contributed by atoms with Crippen molar-refractivity contribution in [1.29, 1.82) is 0 Å². The quantitative estimate of drug-likeness (QED) is 0.638. The zero-order valence-corrected chi connectivity index (χ0v) is 11.7. The predicted octanol–water partition coefficient (Wildman–Crippen LogP) is 0.0185. The first-order valence-corrected chi connectivity index (χ1v) is 7.07. The van der Waals surface area contributed by atoms with Crippen LogP contribution in [-0.2, 0) is 4.74 Å². The fourth-order valence-corrected chi connectivity index (χ4v) is 2.64. The fourth-order valence-electron chi connectivity index (χ4n) is 2.64. The topological polar surface area (TPSA) is 99.4 Å². The van der Waals surface area contributed by atoms with E-state index in [0.29, 0.717) is 5.75 Å². The zero-order valence-electron chi connectivity index (χ0n) is 11.7. The fraction of sp³-hybridized carbons (Fsp3) is 0.375. The van der Waals surface area contributed by atoms with Crippen LogP contribution in [0.5, 0.6) is 5.75 Å². The molecule has 4 N–H and O–H groups in total. The van der Waals surface area contributed by atoms with Crippen molar-refractivity contribution in [2.45, 2.75) is 30.7 Å². The van der Waals surface area contributed by atoms with Gasteiger partial charge in [-0.3, -0.25) is 0 Å². The summed E-state index contributed by atoms with van der Waals surface area (Å²) in [6.07, 6.45) is -6.36. The van der Waals surface area contributed by atoms with Gasteiger partial charge in [0.1, 0.15) is 24.1 Å². The lowest BCUT2D eigenvalue weighted by Crippen LogP contribution is -2.60. The minimum atomic E-state index is -1.45. The molecule has 22 heavy (non-hydrogen) atoms. The largest absolute Gasteiger partial charge is 0.482 e. The Kier molecular flexibility index (Phi) is 4.28. The van der Waals surface area contributed by atoms with Gasteiger partial charge in [0, 0.05) is 5.39 Å². The molecular weight excluding hydrogens is 288 g/mol. The Labute approximate surface area is 127 Å². The van der Waals surface area contributed by atoms with Gasteiger partial charge in [0.15, 0.2) is 12.4 Å². The molecule has 1 aliphatic heterocycles. The van der Waals surface area contributed by atoms with E-state index in [0.717, 1.165) is 10.8 Å². The van der Waals surface area contributed by atoms with Gasteiger partial charge >= 0.3 is 0 Å². The molecule has 6 nitrogen and oxygen atoms in total. The van der Waals surface area contributed by atoms with Gasteiger partial charge in [0.2, 0.25) is 0 Å². The summed E-state index contributed by atoms with van der Waals surface area (Å²) in [5.74, 6) is 0.472. The summed E-state index contributed by atoms with van der Waals surface area (Å²) in [5, 5.41) is 40.8. The zero-order chi connectivity index (χ0) is 15.7. The average Bonchev–Trinajstić information content (AvgIpc) is 2.55. The first-order chi connectivity index (χ1) is 10.6. The second-order valence-electron chi connectivity index (χ2n) is 5.29. The molecule has 1 saturated heterocycles. The summed E-state index contributed by atoms with van der Waals surface area (Å²) in [6.45, 7) is -0.504. The summed E-state index contributed by atoms with van der Waals surface area (Å²) in [5.41, 5.74) is 0. The monoisotopic (exact) mass is 306 g/mol. The summed E-state index contributed by atoms with van der Waals surface area (Å²) in [7, 11) is 0. The van der Waals surface area contributed by atoms with Crippen molar-refractivity contribution < 1.29 is 29.9 Å². The molecule has 1 unspecified atom stereocenters. The molecule has 6 heteroatoms. The molecule has 0 aliphatic carbocycles.